The largest absolute Gasteiger partial charge is 0.494 e. The lowest BCUT2D eigenvalue weighted by Gasteiger charge is -2.37. The average molecular weight is 613 g/mol. The van der Waals surface area contributed by atoms with E-state index in [0.717, 1.165) is 43.6 Å². The van der Waals surface area contributed by atoms with E-state index in [0.29, 0.717) is 51.5 Å². The van der Waals surface area contributed by atoms with Crippen LogP contribution in [-0.2, 0) is 9.63 Å². The van der Waals surface area contributed by atoms with Gasteiger partial charge in [0.25, 0.3) is 0 Å². The Morgan fingerprint density at radius 3 is 2.57 bits per heavy atom. The summed E-state index contributed by atoms with van der Waals surface area (Å²) in [7, 11) is 5.85. The van der Waals surface area contributed by atoms with E-state index >= 15 is 0 Å². The van der Waals surface area contributed by atoms with Gasteiger partial charge < -0.3 is 25.2 Å². The molecule has 0 unspecified atom stereocenters. The number of carbonyl (C=O) groups excluding carboxylic acids is 1. The van der Waals surface area contributed by atoms with Gasteiger partial charge in [0, 0.05) is 37.7 Å². The van der Waals surface area contributed by atoms with Crippen LogP contribution in [0.15, 0.2) is 55.4 Å². The Morgan fingerprint density at radius 1 is 1.10 bits per heavy atom. The molecule has 3 heterocycles. The highest BCUT2D eigenvalue weighted by Gasteiger charge is 2.30. The summed E-state index contributed by atoms with van der Waals surface area (Å²) in [6, 6.07) is 11.6. The van der Waals surface area contributed by atoms with Gasteiger partial charge in [0.05, 0.1) is 46.9 Å². The van der Waals surface area contributed by atoms with E-state index in [1.807, 2.05) is 24.3 Å². The van der Waals surface area contributed by atoms with Crippen LogP contribution < -0.4 is 25.3 Å². The number of methoxy groups -OCH3 is 1. The van der Waals surface area contributed by atoms with Gasteiger partial charge in [-0.3, -0.25) is 9.63 Å². The molecule has 0 spiro atoms. The molecule has 222 valence electrons. The van der Waals surface area contributed by atoms with Gasteiger partial charge in [-0.05, 0) is 56.8 Å². The van der Waals surface area contributed by atoms with Crippen molar-refractivity contribution in [3.8, 4) is 5.75 Å². The first-order valence-electron chi connectivity index (χ1n) is 13.8. The van der Waals surface area contributed by atoms with Crippen molar-refractivity contribution < 1.29 is 14.4 Å². The molecule has 0 saturated carbocycles. The van der Waals surface area contributed by atoms with Crippen molar-refractivity contribution in [2.45, 2.75) is 31.3 Å². The van der Waals surface area contributed by atoms with Gasteiger partial charge in [0.15, 0.2) is 5.82 Å². The molecule has 10 nitrogen and oxygen atoms in total. The molecule has 0 aliphatic carbocycles. The smallest absolute Gasteiger partial charge is 0.247 e. The summed E-state index contributed by atoms with van der Waals surface area (Å²) in [5.74, 6) is 1.44. The fourth-order valence-corrected chi connectivity index (χ4v) is 5.70. The van der Waals surface area contributed by atoms with Gasteiger partial charge in [-0.1, -0.05) is 35.8 Å². The topological polar surface area (TPSA) is 95.1 Å². The van der Waals surface area contributed by atoms with Crippen molar-refractivity contribution in [2.75, 3.05) is 61.5 Å². The molecule has 42 heavy (non-hydrogen) atoms. The van der Waals surface area contributed by atoms with Gasteiger partial charge >= 0.3 is 0 Å². The number of carbonyl (C=O) groups is 1. The SMILES string of the molecule is C=CC(=O)Nc1cc(Nc2cc(N3OCC[C@@H]3c3ccc(Cl)c(Cl)c3)ncn2)c(OC)cc1N1CCC(N(C)C)CC1. The predicted octanol–water partition coefficient (Wildman–Crippen LogP) is 6.07. The van der Waals surface area contributed by atoms with Gasteiger partial charge in [-0.15, -0.1) is 0 Å². The third kappa shape index (κ3) is 6.57. The first-order valence-corrected chi connectivity index (χ1v) is 14.6. The molecule has 0 radical (unpaired) electrons. The van der Waals surface area contributed by atoms with Gasteiger partial charge in [0.1, 0.15) is 17.9 Å². The number of hydrogen-bond donors (Lipinski definition) is 2. The number of hydrogen-bond acceptors (Lipinski definition) is 9. The normalized spacial score (nSPS) is 17.4. The van der Waals surface area contributed by atoms with Gasteiger partial charge in [-0.2, -0.15) is 0 Å². The van der Waals surface area contributed by atoms with E-state index < -0.39 is 0 Å². The maximum absolute atomic E-state index is 12.4. The molecule has 2 aliphatic rings. The minimum Gasteiger partial charge on any atom is -0.494 e. The first-order chi connectivity index (χ1) is 20.3. The maximum Gasteiger partial charge on any atom is 0.247 e. The Labute approximate surface area is 256 Å². The standard InChI is InChI=1S/C30H35Cl2N7O3/c1-5-30(40)36-23-15-24(27(41-4)16-26(23)38-11-8-20(9-12-38)37(2)3)35-28-17-29(34-18-33-28)39-25(10-13-42-39)19-6-7-21(31)22(32)14-19/h5-7,14-18,20,25H,1,8-13H2,2-4H3,(H,36,40)(H,33,34,35)/t25-/m1/s1. The van der Waals surface area contributed by atoms with E-state index in [-0.39, 0.29) is 11.9 Å². The summed E-state index contributed by atoms with van der Waals surface area (Å²) in [5, 5.41) is 9.07. The number of anilines is 5. The number of nitrogens with zero attached hydrogens (tertiary/aromatic N) is 5. The minimum atomic E-state index is -0.292. The maximum atomic E-state index is 12.4. The van der Waals surface area contributed by atoms with E-state index in [1.54, 1.807) is 24.3 Å². The second kappa shape index (κ2) is 13.2. The Morgan fingerprint density at radius 2 is 1.88 bits per heavy atom. The van der Waals surface area contributed by atoms with Crippen LogP contribution in [0.1, 0.15) is 30.9 Å². The Kier molecular flexibility index (Phi) is 9.37. The fraction of sp³-hybridized carbons (Fsp3) is 0.367. The molecule has 2 saturated heterocycles. The monoisotopic (exact) mass is 611 g/mol. The van der Waals surface area contributed by atoms with Crippen molar-refractivity contribution in [1.82, 2.24) is 14.9 Å². The molecule has 2 fully saturated rings. The number of benzene rings is 2. The minimum absolute atomic E-state index is 0.0892. The van der Waals surface area contributed by atoms with Crippen molar-refractivity contribution in [1.29, 1.82) is 0 Å². The quantitative estimate of drug-likeness (QED) is 0.279. The number of ether oxygens (including phenoxy) is 1. The lowest BCUT2D eigenvalue weighted by Crippen LogP contribution is -2.42. The molecular formula is C30H35Cl2N7O3. The van der Waals surface area contributed by atoms with Crippen molar-refractivity contribution >= 4 is 57.8 Å². The lowest BCUT2D eigenvalue weighted by molar-refractivity contribution is -0.111. The molecule has 5 rings (SSSR count). The second-order valence-corrected chi connectivity index (χ2v) is 11.3. The first kappa shape index (κ1) is 29.9. The average Bonchev–Trinajstić information content (AvgIpc) is 3.49. The summed E-state index contributed by atoms with van der Waals surface area (Å²) in [5.41, 5.74) is 3.16. The van der Waals surface area contributed by atoms with E-state index in [1.165, 1.54) is 12.4 Å². The highest BCUT2D eigenvalue weighted by atomic mass is 35.5. The van der Waals surface area contributed by atoms with Crippen molar-refractivity contribution in [3.63, 3.8) is 0 Å². The van der Waals surface area contributed by atoms with Crippen LogP contribution in [0.2, 0.25) is 10.0 Å². The molecule has 1 aromatic heterocycles. The summed E-state index contributed by atoms with van der Waals surface area (Å²) >= 11 is 12.4. The van der Waals surface area contributed by atoms with E-state index in [9.17, 15) is 4.79 Å². The lowest BCUT2D eigenvalue weighted by atomic mass is 10.0. The summed E-state index contributed by atoms with van der Waals surface area (Å²) in [4.78, 5) is 31.8. The van der Waals surface area contributed by atoms with Gasteiger partial charge in [0.2, 0.25) is 5.91 Å². The zero-order valence-corrected chi connectivity index (χ0v) is 25.5. The zero-order valence-electron chi connectivity index (χ0n) is 23.9. The number of aromatic nitrogens is 2. The van der Waals surface area contributed by atoms with Crippen LogP contribution in [0.3, 0.4) is 0 Å². The van der Waals surface area contributed by atoms with Crippen LogP contribution in [0.5, 0.6) is 5.75 Å². The summed E-state index contributed by atoms with van der Waals surface area (Å²) in [6.07, 6.45) is 5.54. The highest BCUT2D eigenvalue weighted by Crippen LogP contribution is 2.41. The highest BCUT2D eigenvalue weighted by molar-refractivity contribution is 6.42. The Hall–Kier alpha value is -3.57. The van der Waals surface area contributed by atoms with Gasteiger partial charge in [-0.25, -0.2) is 15.0 Å². The second-order valence-electron chi connectivity index (χ2n) is 10.5. The number of amides is 1. The predicted molar refractivity (Wildman–Crippen MR) is 168 cm³/mol. The van der Waals surface area contributed by atoms with E-state index in [2.05, 4.69) is 51.1 Å². The molecule has 0 bridgehead atoms. The number of halogens is 2. The molecule has 12 heteroatoms. The van der Waals surface area contributed by atoms with Crippen LogP contribution in [0.25, 0.3) is 0 Å². The molecule has 2 N–H and O–H groups in total. The molecular weight excluding hydrogens is 577 g/mol. The number of nitrogens with one attached hydrogen (secondary N) is 2. The summed E-state index contributed by atoms with van der Waals surface area (Å²) < 4.78 is 5.79. The molecule has 1 amide bonds. The third-order valence-electron chi connectivity index (χ3n) is 7.67. The number of piperidine rings is 1. The van der Waals surface area contributed by atoms with Crippen LogP contribution >= 0.6 is 23.2 Å². The zero-order chi connectivity index (χ0) is 29.8. The van der Waals surface area contributed by atoms with Crippen molar-refractivity contribution in [3.05, 3.63) is 71.0 Å². The van der Waals surface area contributed by atoms with Crippen molar-refractivity contribution in [2.24, 2.45) is 0 Å². The third-order valence-corrected chi connectivity index (χ3v) is 8.41. The Balaban J connectivity index is 1.42. The molecule has 2 aromatic carbocycles. The van der Waals surface area contributed by atoms with Crippen LogP contribution in [-0.4, -0.2) is 67.7 Å². The van der Waals surface area contributed by atoms with Crippen LogP contribution in [0.4, 0.5) is 28.7 Å². The number of rotatable bonds is 9. The number of hydroxylamine groups is 1. The molecule has 2 aliphatic heterocycles. The summed E-state index contributed by atoms with van der Waals surface area (Å²) in [6.45, 7) is 5.87. The Bertz CT molecular complexity index is 1450. The van der Waals surface area contributed by atoms with Crippen LogP contribution in [0, 0.1) is 0 Å². The van der Waals surface area contributed by atoms with E-state index in [4.69, 9.17) is 32.8 Å². The molecule has 1 atom stereocenters. The fourth-order valence-electron chi connectivity index (χ4n) is 5.40. The molecule has 3 aromatic rings.